The molecule has 5 nitrogen and oxygen atoms in total. The molecular weight excluding hydrogens is 292 g/mol. The molecule has 2 aromatic carbocycles. The highest BCUT2D eigenvalue weighted by molar-refractivity contribution is 7.90. The van der Waals surface area contributed by atoms with E-state index < -0.39 is 15.8 Å². The molecule has 0 bridgehead atoms. The van der Waals surface area contributed by atoms with Crippen LogP contribution in [-0.2, 0) is 9.84 Å². The molecule has 0 aliphatic rings. The number of hydrogen-bond donors (Lipinski definition) is 1. The SMILES string of the molecule is Cc1cc(C(=O)O)ccc1Oc1ccc(S(C)(=O)=O)cc1. The Balaban J connectivity index is 2.24. The topological polar surface area (TPSA) is 80.7 Å². The Bertz CT molecular complexity index is 776. The molecule has 0 heterocycles. The fourth-order valence-electron chi connectivity index (χ4n) is 1.78. The van der Waals surface area contributed by atoms with Gasteiger partial charge in [-0.3, -0.25) is 0 Å². The van der Waals surface area contributed by atoms with E-state index in [1.807, 2.05) is 0 Å². The van der Waals surface area contributed by atoms with E-state index in [-0.39, 0.29) is 10.5 Å². The summed E-state index contributed by atoms with van der Waals surface area (Å²) in [4.78, 5) is 11.1. The maximum atomic E-state index is 11.4. The van der Waals surface area contributed by atoms with Gasteiger partial charge in [-0.1, -0.05) is 0 Å². The Morgan fingerprint density at radius 2 is 1.71 bits per heavy atom. The Morgan fingerprint density at radius 1 is 1.10 bits per heavy atom. The first-order chi connectivity index (χ1) is 9.77. The monoisotopic (exact) mass is 306 g/mol. The summed E-state index contributed by atoms with van der Waals surface area (Å²) >= 11 is 0. The zero-order valence-electron chi connectivity index (χ0n) is 11.5. The van der Waals surface area contributed by atoms with Crippen molar-refractivity contribution in [3.05, 3.63) is 53.6 Å². The molecule has 0 spiro atoms. The lowest BCUT2D eigenvalue weighted by Gasteiger charge is -2.09. The van der Waals surface area contributed by atoms with Crippen molar-refractivity contribution in [2.45, 2.75) is 11.8 Å². The molecule has 2 rings (SSSR count). The number of carbonyl (C=O) groups is 1. The van der Waals surface area contributed by atoms with Crippen molar-refractivity contribution in [1.29, 1.82) is 0 Å². The minimum Gasteiger partial charge on any atom is -0.478 e. The van der Waals surface area contributed by atoms with Crippen molar-refractivity contribution in [3.63, 3.8) is 0 Å². The molecule has 110 valence electrons. The van der Waals surface area contributed by atoms with Crippen LogP contribution < -0.4 is 4.74 Å². The number of rotatable bonds is 4. The van der Waals surface area contributed by atoms with Gasteiger partial charge in [0.25, 0.3) is 0 Å². The van der Waals surface area contributed by atoms with Gasteiger partial charge in [-0.2, -0.15) is 0 Å². The van der Waals surface area contributed by atoms with Gasteiger partial charge in [-0.15, -0.1) is 0 Å². The van der Waals surface area contributed by atoms with Crippen molar-refractivity contribution in [2.24, 2.45) is 0 Å². The summed E-state index contributed by atoms with van der Waals surface area (Å²) in [5.41, 5.74) is 0.870. The first-order valence-corrected chi connectivity index (χ1v) is 7.98. The largest absolute Gasteiger partial charge is 0.478 e. The molecule has 0 radical (unpaired) electrons. The highest BCUT2D eigenvalue weighted by Gasteiger charge is 2.09. The molecule has 0 unspecified atom stereocenters. The van der Waals surface area contributed by atoms with E-state index in [1.54, 1.807) is 25.1 Å². The van der Waals surface area contributed by atoms with E-state index in [0.29, 0.717) is 17.1 Å². The maximum absolute atomic E-state index is 11.4. The number of aromatic carboxylic acids is 1. The standard InChI is InChI=1S/C15H14O5S/c1-10-9-11(15(16)17)3-8-14(10)20-12-4-6-13(7-5-12)21(2,18)19/h3-9H,1-2H3,(H,16,17). The average molecular weight is 306 g/mol. The van der Waals surface area contributed by atoms with E-state index >= 15 is 0 Å². The lowest BCUT2D eigenvalue weighted by molar-refractivity contribution is 0.0696. The molecule has 6 heteroatoms. The second kappa shape index (κ2) is 5.57. The highest BCUT2D eigenvalue weighted by atomic mass is 32.2. The molecule has 0 amide bonds. The molecule has 21 heavy (non-hydrogen) atoms. The van der Waals surface area contributed by atoms with Crippen LogP contribution in [0.15, 0.2) is 47.4 Å². The second-order valence-corrected chi connectivity index (χ2v) is 6.65. The van der Waals surface area contributed by atoms with Crippen LogP contribution in [0, 0.1) is 6.92 Å². The Labute approximate surface area is 122 Å². The van der Waals surface area contributed by atoms with Crippen LogP contribution in [0.4, 0.5) is 0 Å². The fraction of sp³-hybridized carbons (Fsp3) is 0.133. The van der Waals surface area contributed by atoms with Crippen LogP contribution in [0.1, 0.15) is 15.9 Å². The summed E-state index contributed by atoms with van der Waals surface area (Å²) in [6, 6.07) is 10.6. The normalized spacial score (nSPS) is 11.1. The van der Waals surface area contributed by atoms with Gasteiger partial charge >= 0.3 is 5.97 Å². The van der Waals surface area contributed by atoms with Crippen molar-refractivity contribution in [1.82, 2.24) is 0 Å². The van der Waals surface area contributed by atoms with Gasteiger partial charge in [-0.05, 0) is 55.0 Å². The van der Waals surface area contributed by atoms with E-state index in [2.05, 4.69) is 0 Å². The second-order valence-electron chi connectivity index (χ2n) is 4.63. The quantitative estimate of drug-likeness (QED) is 0.939. The summed E-state index contributed by atoms with van der Waals surface area (Å²) in [5, 5.41) is 8.90. The number of hydrogen-bond acceptors (Lipinski definition) is 4. The first-order valence-electron chi connectivity index (χ1n) is 6.09. The van der Waals surface area contributed by atoms with Gasteiger partial charge in [0.1, 0.15) is 11.5 Å². The van der Waals surface area contributed by atoms with Crippen LogP contribution in [0.2, 0.25) is 0 Å². The molecule has 0 aromatic heterocycles. The van der Waals surface area contributed by atoms with Crippen molar-refractivity contribution >= 4 is 15.8 Å². The lowest BCUT2D eigenvalue weighted by atomic mass is 10.1. The molecule has 1 N–H and O–H groups in total. The number of ether oxygens (including phenoxy) is 1. The predicted molar refractivity (Wildman–Crippen MR) is 77.8 cm³/mol. The minimum absolute atomic E-state index is 0.187. The minimum atomic E-state index is -3.24. The number of carboxylic acids is 1. The number of aryl methyl sites for hydroxylation is 1. The first kappa shape index (κ1) is 15.1. The van der Waals surface area contributed by atoms with Crippen LogP contribution in [0.5, 0.6) is 11.5 Å². The van der Waals surface area contributed by atoms with Gasteiger partial charge < -0.3 is 9.84 Å². The maximum Gasteiger partial charge on any atom is 0.335 e. The van der Waals surface area contributed by atoms with Gasteiger partial charge in [0.2, 0.25) is 0 Å². The molecule has 0 saturated heterocycles. The smallest absolute Gasteiger partial charge is 0.335 e. The van der Waals surface area contributed by atoms with Crippen molar-refractivity contribution < 1.29 is 23.1 Å². The predicted octanol–water partition coefficient (Wildman–Crippen LogP) is 2.89. The molecule has 0 aliphatic carbocycles. The summed E-state index contributed by atoms with van der Waals surface area (Å²) < 4.78 is 28.3. The van der Waals surface area contributed by atoms with Crippen LogP contribution in [0.3, 0.4) is 0 Å². The van der Waals surface area contributed by atoms with Crippen molar-refractivity contribution in [3.8, 4) is 11.5 Å². The average Bonchev–Trinajstić information content (AvgIpc) is 2.40. The lowest BCUT2D eigenvalue weighted by Crippen LogP contribution is -1.98. The van der Waals surface area contributed by atoms with Gasteiger partial charge in [0, 0.05) is 6.26 Å². The molecule has 0 aliphatic heterocycles. The summed E-state index contributed by atoms with van der Waals surface area (Å²) in [6.07, 6.45) is 1.14. The zero-order valence-corrected chi connectivity index (χ0v) is 12.3. The Morgan fingerprint density at radius 3 is 2.19 bits per heavy atom. The number of sulfone groups is 1. The molecule has 0 saturated carbocycles. The number of carboxylic acid groups (broad SMARTS) is 1. The zero-order chi connectivity index (χ0) is 15.6. The van der Waals surface area contributed by atoms with Gasteiger partial charge in [0.15, 0.2) is 9.84 Å². The molecule has 0 fully saturated rings. The van der Waals surface area contributed by atoms with E-state index in [0.717, 1.165) is 6.26 Å². The molecule has 0 atom stereocenters. The third-order valence-corrected chi connectivity index (χ3v) is 4.03. The number of benzene rings is 2. The third-order valence-electron chi connectivity index (χ3n) is 2.90. The van der Waals surface area contributed by atoms with Crippen LogP contribution in [-0.4, -0.2) is 25.7 Å². The summed E-state index contributed by atoms with van der Waals surface area (Å²) in [7, 11) is -3.24. The summed E-state index contributed by atoms with van der Waals surface area (Å²) in [5.74, 6) is 0.00263. The van der Waals surface area contributed by atoms with E-state index in [4.69, 9.17) is 9.84 Å². The van der Waals surface area contributed by atoms with Gasteiger partial charge in [0.05, 0.1) is 10.5 Å². The van der Waals surface area contributed by atoms with Crippen molar-refractivity contribution in [2.75, 3.05) is 6.26 Å². The Kier molecular flexibility index (Phi) is 3.99. The molecular formula is C15H14O5S. The van der Waals surface area contributed by atoms with E-state index in [9.17, 15) is 13.2 Å². The molecule has 2 aromatic rings. The van der Waals surface area contributed by atoms with Crippen LogP contribution in [0.25, 0.3) is 0 Å². The third kappa shape index (κ3) is 3.61. The van der Waals surface area contributed by atoms with Crippen LogP contribution >= 0.6 is 0 Å². The summed E-state index contributed by atoms with van der Waals surface area (Å²) in [6.45, 7) is 1.74. The fourth-order valence-corrected chi connectivity index (χ4v) is 2.41. The van der Waals surface area contributed by atoms with E-state index in [1.165, 1.54) is 24.3 Å². The highest BCUT2D eigenvalue weighted by Crippen LogP contribution is 2.26. The van der Waals surface area contributed by atoms with Gasteiger partial charge in [-0.25, -0.2) is 13.2 Å². The Hall–Kier alpha value is -2.34.